The van der Waals surface area contributed by atoms with Gasteiger partial charge in [-0.1, -0.05) is 6.07 Å². The first kappa shape index (κ1) is 15.0. The molecular formula is C13H17NO5. The predicted molar refractivity (Wildman–Crippen MR) is 68.5 cm³/mol. The van der Waals surface area contributed by atoms with Gasteiger partial charge < -0.3 is 19.9 Å². The summed E-state index contributed by atoms with van der Waals surface area (Å²) < 4.78 is 9.85. The summed E-state index contributed by atoms with van der Waals surface area (Å²) in [6, 6.07) is 5.02. The number of benzene rings is 1. The lowest BCUT2D eigenvalue weighted by atomic mass is 10.1. The van der Waals surface area contributed by atoms with E-state index >= 15 is 0 Å². The smallest absolute Gasteiger partial charge is 0.334 e. The first-order valence-electron chi connectivity index (χ1n) is 5.68. The summed E-state index contributed by atoms with van der Waals surface area (Å²) >= 11 is 0. The molecule has 0 aliphatic carbocycles. The SMILES string of the molecule is COc1cc(C(=O)NCC(OC)C(=O)O)ccc1C. The van der Waals surface area contributed by atoms with E-state index in [9.17, 15) is 9.59 Å². The van der Waals surface area contributed by atoms with Crippen LogP contribution in [0.2, 0.25) is 0 Å². The number of nitrogens with one attached hydrogen (secondary N) is 1. The van der Waals surface area contributed by atoms with Crippen LogP contribution in [0.4, 0.5) is 0 Å². The molecule has 0 heterocycles. The molecular weight excluding hydrogens is 250 g/mol. The van der Waals surface area contributed by atoms with Crippen LogP contribution < -0.4 is 10.1 Å². The van der Waals surface area contributed by atoms with Crippen LogP contribution in [-0.2, 0) is 9.53 Å². The molecule has 104 valence electrons. The topological polar surface area (TPSA) is 84.9 Å². The highest BCUT2D eigenvalue weighted by Crippen LogP contribution is 2.18. The van der Waals surface area contributed by atoms with Gasteiger partial charge in [0.25, 0.3) is 5.91 Å². The van der Waals surface area contributed by atoms with Crippen molar-refractivity contribution in [2.75, 3.05) is 20.8 Å². The van der Waals surface area contributed by atoms with Crippen molar-refractivity contribution in [1.29, 1.82) is 0 Å². The van der Waals surface area contributed by atoms with E-state index in [0.717, 1.165) is 5.56 Å². The molecule has 1 aromatic rings. The van der Waals surface area contributed by atoms with Crippen LogP contribution in [0.25, 0.3) is 0 Å². The zero-order valence-corrected chi connectivity index (χ0v) is 11.1. The highest BCUT2D eigenvalue weighted by Gasteiger charge is 2.18. The van der Waals surface area contributed by atoms with E-state index in [1.165, 1.54) is 14.2 Å². The van der Waals surface area contributed by atoms with Crippen LogP contribution >= 0.6 is 0 Å². The number of carboxylic acids is 1. The van der Waals surface area contributed by atoms with Crippen LogP contribution in [0.3, 0.4) is 0 Å². The van der Waals surface area contributed by atoms with Crippen LogP contribution in [0, 0.1) is 6.92 Å². The molecule has 1 amide bonds. The Bertz CT molecular complexity index is 472. The van der Waals surface area contributed by atoms with E-state index in [0.29, 0.717) is 11.3 Å². The average molecular weight is 267 g/mol. The maximum atomic E-state index is 11.9. The summed E-state index contributed by atoms with van der Waals surface area (Å²) in [5.74, 6) is -0.889. The number of hydrogen-bond acceptors (Lipinski definition) is 4. The van der Waals surface area contributed by atoms with E-state index in [2.05, 4.69) is 5.32 Å². The molecule has 6 nitrogen and oxygen atoms in total. The van der Waals surface area contributed by atoms with Gasteiger partial charge in [-0.3, -0.25) is 4.79 Å². The molecule has 1 unspecified atom stereocenters. The summed E-state index contributed by atoms with van der Waals surface area (Å²) in [5, 5.41) is 11.3. The molecule has 6 heteroatoms. The number of aryl methyl sites for hydroxylation is 1. The number of aliphatic carboxylic acids is 1. The zero-order valence-electron chi connectivity index (χ0n) is 11.1. The lowest BCUT2D eigenvalue weighted by Gasteiger charge is -2.12. The number of carbonyl (C=O) groups excluding carboxylic acids is 1. The van der Waals surface area contributed by atoms with Crippen molar-refractivity contribution in [3.05, 3.63) is 29.3 Å². The Labute approximate surface area is 111 Å². The van der Waals surface area contributed by atoms with Gasteiger partial charge in [-0.25, -0.2) is 4.79 Å². The third-order valence-corrected chi connectivity index (χ3v) is 2.68. The second-order valence-electron chi connectivity index (χ2n) is 3.96. The minimum Gasteiger partial charge on any atom is -0.496 e. The molecule has 0 bridgehead atoms. The van der Waals surface area contributed by atoms with Gasteiger partial charge in [-0.05, 0) is 24.6 Å². The first-order valence-corrected chi connectivity index (χ1v) is 5.68. The fraction of sp³-hybridized carbons (Fsp3) is 0.385. The number of rotatable bonds is 6. The molecule has 0 radical (unpaired) electrons. The van der Waals surface area contributed by atoms with Crippen molar-refractivity contribution < 1.29 is 24.2 Å². The summed E-state index contributed by atoms with van der Waals surface area (Å²) in [4.78, 5) is 22.6. The Morgan fingerprint density at radius 3 is 2.58 bits per heavy atom. The Morgan fingerprint density at radius 2 is 2.05 bits per heavy atom. The van der Waals surface area contributed by atoms with Gasteiger partial charge in [-0.15, -0.1) is 0 Å². The molecule has 1 atom stereocenters. The summed E-state index contributed by atoms with van der Waals surface area (Å²) in [7, 11) is 2.80. The molecule has 1 rings (SSSR count). The minimum absolute atomic E-state index is 0.0964. The average Bonchev–Trinajstić information content (AvgIpc) is 2.39. The number of carbonyl (C=O) groups is 2. The van der Waals surface area contributed by atoms with Gasteiger partial charge >= 0.3 is 5.97 Å². The summed E-state index contributed by atoms with van der Waals surface area (Å²) in [6.45, 7) is 1.77. The highest BCUT2D eigenvalue weighted by atomic mass is 16.5. The third-order valence-electron chi connectivity index (χ3n) is 2.68. The molecule has 0 saturated carbocycles. The highest BCUT2D eigenvalue weighted by molar-refractivity contribution is 5.95. The van der Waals surface area contributed by atoms with Crippen LogP contribution in [0.15, 0.2) is 18.2 Å². The van der Waals surface area contributed by atoms with Gasteiger partial charge in [0.2, 0.25) is 0 Å². The first-order chi connectivity index (χ1) is 8.99. The molecule has 0 aliphatic heterocycles. The van der Waals surface area contributed by atoms with Crippen molar-refractivity contribution in [2.24, 2.45) is 0 Å². The van der Waals surface area contributed by atoms with Crippen molar-refractivity contribution in [1.82, 2.24) is 5.32 Å². The van der Waals surface area contributed by atoms with Gasteiger partial charge in [-0.2, -0.15) is 0 Å². The minimum atomic E-state index is -1.12. The lowest BCUT2D eigenvalue weighted by molar-refractivity contribution is -0.148. The monoisotopic (exact) mass is 267 g/mol. The van der Waals surface area contributed by atoms with Gasteiger partial charge in [0.05, 0.1) is 13.7 Å². The summed E-state index contributed by atoms with van der Waals surface area (Å²) in [6.07, 6.45) is -1.06. The normalized spacial score (nSPS) is 11.7. The Kier molecular flexibility index (Phi) is 5.32. The van der Waals surface area contributed by atoms with Gasteiger partial charge in [0.1, 0.15) is 5.75 Å². The van der Waals surface area contributed by atoms with Crippen molar-refractivity contribution in [2.45, 2.75) is 13.0 Å². The molecule has 0 aromatic heterocycles. The van der Waals surface area contributed by atoms with Crippen LogP contribution in [-0.4, -0.2) is 43.9 Å². The van der Waals surface area contributed by atoms with Gasteiger partial charge in [0.15, 0.2) is 6.10 Å². The van der Waals surface area contributed by atoms with Crippen molar-refractivity contribution in [3.63, 3.8) is 0 Å². The largest absolute Gasteiger partial charge is 0.496 e. The standard InChI is InChI=1S/C13H17NO5/c1-8-4-5-9(6-10(8)18-2)12(15)14-7-11(19-3)13(16)17/h4-6,11H,7H2,1-3H3,(H,14,15)(H,16,17). The van der Waals surface area contributed by atoms with E-state index < -0.39 is 12.1 Å². The lowest BCUT2D eigenvalue weighted by Crippen LogP contribution is -2.37. The van der Waals surface area contributed by atoms with Crippen LogP contribution in [0.5, 0.6) is 5.75 Å². The molecule has 2 N–H and O–H groups in total. The fourth-order valence-electron chi connectivity index (χ4n) is 1.52. The Balaban J connectivity index is 2.70. The second kappa shape index (κ2) is 6.75. The van der Waals surface area contributed by atoms with E-state index in [-0.39, 0.29) is 12.5 Å². The molecule has 0 saturated heterocycles. The molecule has 0 aliphatic rings. The Hall–Kier alpha value is -2.08. The van der Waals surface area contributed by atoms with E-state index in [4.69, 9.17) is 14.6 Å². The maximum absolute atomic E-state index is 11.9. The molecule has 1 aromatic carbocycles. The number of carboxylic acid groups (broad SMARTS) is 1. The van der Waals surface area contributed by atoms with Crippen molar-refractivity contribution in [3.8, 4) is 5.75 Å². The Morgan fingerprint density at radius 1 is 1.37 bits per heavy atom. The number of methoxy groups -OCH3 is 2. The number of ether oxygens (including phenoxy) is 2. The molecule has 0 spiro atoms. The molecule has 19 heavy (non-hydrogen) atoms. The quantitative estimate of drug-likeness (QED) is 0.797. The second-order valence-corrected chi connectivity index (χ2v) is 3.96. The number of hydrogen-bond donors (Lipinski definition) is 2. The van der Waals surface area contributed by atoms with Crippen LogP contribution in [0.1, 0.15) is 15.9 Å². The zero-order chi connectivity index (χ0) is 14.4. The van der Waals surface area contributed by atoms with Crippen molar-refractivity contribution >= 4 is 11.9 Å². The predicted octanol–water partition coefficient (Wildman–Crippen LogP) is 0.833. The third kappa shape index (κ3) is 3.96. The summed E-state index contributed by atoms with van der Waals surface area (Å²) in [5.41, 5.74) is 1.32. The molecule has 0 fully saturated rings. The number of amides is 1. The fourth-order valence-corrected chi connectivity index (χ4v) is 1.52. The van der Waals surface area contributed by atoms with E-state index in [1.54, 1.807) is 18.2 Å². The van der Waals surface area contributed by atoms with E-state index in [1.807, 2.05) is 6.92 Å². The van der Waals surface area contributed by atoms with Gasteiger partial charge in [0, 0.05) is 12.7 Å². The maximum Gasteiger partial charge on any atom is 0.334 e.